The summed E-state index contributed by atoms with van der Waals surface area (Å²) in [4.78, 5) is 14.1. The van der Waals surface area contributed by atoms with Gasteiger partial charge in [0.1, 0.15) is 18.6 Å². The molecular weight excluding hydrogens is 326 g/mol. The molecule has 22 heavy (non-hydrogen) atoms. The van der Waals surface area contributed by atoms with Crippen LogP contribution in [0.4, 0.5) is 0 Å². The number of rotatable bonds is 2. The molecule has 0 N–H and O–H groups in total. The maximum atomic E-state index is 12.7. The summed E-state index contributed by atoms with van der Waals surface area (Å²) in [6.45, 7) is 1.35. The maximum Gasteiger partial charge on any atom is 0.255 e. The van der Waals surface area contributed by atoms with E-state index in [2.05, 4.69) is 0 Å². The third-order valence-corrected chi connectivity index (χ3v) is 6.27. The summed E-state index contributed by atoms with van der Waals surface area (Å²) in [5.41, 5.74) is 0.421. The van der Waals surface area contributed by atoms with Crippen LogP contribution in [0, 0.1) is 0 Å². The van der Waals surface area contributed by atoms with Gasteiger partial charge in [0, 0.05) is 29.9 Å². The molecule has 120 valence electrons. The molecule has 1 aromatic carbocycles. The molecule has 0 spiro atoms. The van der Waals surface area contributed by atoms with Gasteiger partial charge in [-0.25, -0.2) is 8.42 Å². The van der Waals surface area contributed by atoms with Crippen molar-refractivity contribution in [3.63, 3.8) is 0 Å². The van der Waals surface area contributed by atoms with Crippen molar-refractivity contribution in [3.8, 4) is 11.5 Å². The molecular formula is C14H17NO5S2. The normalized spacial score (nSPS) is 21.5. The van der Waals surface area contributed by atoms with Crippen LogP contribution in [0.25, 0.3) is 0 Å². The fourth-order valence-corrected chi connectivity index (χ4v) is 5.33. The Balaban J connectivity index is 1.89. The van der Waals surface area contributed by atoms with E-state index in [9.17, 15) is 13.2 Å². The van der Waals surface area contributed by atoms with Crippen LogP contribution >= 0.6 is 11.8 Å². The quantitative estimate of drug-likeness (QED) is 0.798. The lowest BCUT2D eigenvalue weighted by molar-refractivity contribution is 0.0748. The van der Waals surface area contributed by atoms with Crippen LogP contribution < -0.4 is 9.47 Å². The highest BCUT2D eigenvalue weighted by atomic mass is 32.2. The minimum absolute atomic E-state index is 0.285. The number of carbonyl (C=O) groups excluding carboxylic acids is 1. The molecule has 2 aliphatic heterocycles. The number of thioether (sulfide) groups is 1. The Morgan fingerprint density at radius 1 is 1.27 bits per heavy atom. The van der Waals surface area contributed by atoms with Crippen LogP contribution in [0.1, 0.15) is 10.4 Å². The smallest absolute Gasteiger partial charge is 0.255 e. The predicted molar refractivity (Wildman–Crippen MR) is 84.4 cm³/mol. The highest BCUT2D eigenvalue weighted by molar-refractivity contribution is 8.00. The molecule has 2 heterocycles. The molecule has 1 saturated heterocycles. The largest absolute Gasteiger partial charge is 0.486 e. The fourth-order valence-electron chi connectivity index (χ4n) is 2.51. The number of amides is 1. The van der Waals surface area contributed by atoms with E-state index in [1.54, 1.807) is 30.0 Å². The first kappa shape index (κ1) is 15.5. The minimum Gasteiger partial charge on any atom is -0.486 e. The van der Waals surface area contributed by atoms with Crippen LogP contribution in [0.15, 0.2) is 18.2 Å². The van der Waals surface area contributed by atoms with E-state index >= 15 is 0 Å². The second-order valence-electron chi connectivity index (χ2n) is 5.22. The molecule has 0 bridgehead atoms. The monoisotopic (exact) mass is 343 g/mol. The Bertz CT molecular complexity index is 688. The number of hydrogen-bond acceptors (Lipinski definition) is 6. The first-order chi connectivity index (χ1) is 10.5. The lowest BCUT2D eigenvalue weighted by Gasteiger charge is -2.34. The zero-order valence-corrected chi connectivity index (χ0v) is 13.8. The van der Waals surface area contributed by atoms with Crippen LogP contribution in [0.2, 0.25) is 0 Å². The summed E-state index contributed by atoms with van der Waals surface area (Å²) < 4.78 is 34.7. The Kier molecular flexibility index (Phi) is 4.22. The first-order valence-electron chi connectivity index (χ1n) is 6.94. The van der Waals surface area contributed by atoms with Gasteiger partial charge in [-0.05, 0) is 18.2 Å². The number of carbonyl (C=O) groups is 1. The molecule has 1 atom stereocenters. The van der Waals surface area contributed by atoms with E-state index in [4.69, 9.17) is 9.47 Å². The SMILES string of the molecule is CS(=O)(=O)[C@@H]1CSCCN1C(=O)c1ccc2c(c1)OCCO2. The molecule has 1 amide bonds. The summed E-state index contributed by atoms with van der Waals surface area (Å²) in [6.07, 6.45) is 1.17. The van der Waals surface area contributed by atoms with Crippen LogP contribution in [-0.2, 0) is 9.84 Å². The third-order valence-electron chi connectivity index (χ3n) is 3.63. The van der Waals surface area contributed by atoms with Crippen molar-refractivity contribution < 1.29 is 22.7 Å². The summed E-state index contributed by atoms with van der Waals surface area (Å²) in [5, 5.41) is -0.771. The Morgan fingerprint density at radius 2 is 2.00 bits per heavy atom. The van der Waals surface area contributed by atoms with Crippen LogP contribution in [0.5, 0.6) is 11.5 Å². The van der Waals surface area contributed by atoms with Crippen LogP contribution in [-0.4, -0.2) is 62.1 Å². The zero-order valence-electron chi connectivity index (χ0n) is 12.1. The van der Waals surface area contributed by atoms with Crippen molar-refractivity contribution in [3.05, 3.63) is 23.8 Å². The second kappa shape index (κ2) is 6.00. The number of fused-ring (bicyclic) bond motifs is 1. The minimum atomic E-state index is -3.32. The topological polar surface area (TPSA) is 72.9 Å². The number of sulfone groups is 1. The lowest BCUT2D eigenvalue weighted by Crippen LogP contribution is -2.49. The predicted octanol–water partition coefficient (Wildman–Crippen LogP) is 1.02. The lowest BCUT2D eigenvalue weighted by atomic mass is 10.1. The van der Waals surface area contributed by atoms with E-state index in [0.717, 1.165) is 5.75 Å². The molecule has 8 heteroatoms. The van der Waals surface area contributed by atoms with E-state index in [1.165, 1.54) is 11.2 Å². The number of benzene rings is 1. The van der Waals surface area contributed by atoms with E-state index in [0.29, 0.717) is 42.6 Å². The number of ether oxygens (including phenoxy) is 2. The van der Waals surface area contributed by atoms with Gasteiger partial charge in [-0.3, -0.25) is 4.79 Å². The molecule has 0 aliphatic carbocycles. The molecule has 0 radical (unpaired) electrons. The molecule has 1 aromatic rings. The molecule has 0 saturated carbocycles. The average molecular weight is 343 g/mol. The van der Waals surface area contributed by atoms with E-state index in [-0.39, 0.29) is 5.91 Å². The summed E-state index contributed by atoms with van der Waals surface area (Å²) in [6, 6.07) is 4.96. The van der Waals surface area contributed by atoms with Gasteiger partial charge in [0.05, 0.1) is 0 Å². The van der Waals surface area contributed by atoms with Gasteiger partial charge >= 0.3 is 0 Å². The summed E-state index contributed by atoms with van der Waals surface area (Å²) >= 11 is 1.55. The van der Waals surface area contributed by atoms with Gasteiger partial charge in [-0.15, -0.1) is 0 Å². The zero-order chi connectivity index (χ0) is 15.7. The molecule has 1 fully saturated rings. The van der Waals surface area contributed by atoms with Gasteiger partial charge in [0.2, 0.25) is 0 Å². The first-order valence-corrected chi connectivity index (χ1v) is 10.0. The standard InChI is InChI=1S/C14H17NO5S2/c1-22(17,18)13-9-21-7-4-15(13)14(16)10-2-3-11-12(8-10)20-6-5-19-11/h2-3,8,13H,4-7,9H2,1H3/t13-/m1/s1. The Labute approximate surface area is 133 Å². The molecule has 0 unspecified atom stereocenters. The molecule has 0 aromatic heterocycles. The van der Waals surface area contributed by atoms with Gasteiger partial charge in [-0.1, -0.05) is 0 Å². The van der Waals surface area contributed by atoms with E-state index in [1.807, 2.05) is 0 Å². The average Bonchev–Trinajstić information content (AvgIpc) is 2.53. The van der Waals surface area contributed by atoms with Crippen molar-refractivity contribution in [2.24, 2.45) is 0 Å². The molecule has 2 aliphatic rings. The summed E-state index contributed by atoms with van der Waals surface area (Å²) in [5.74, 6) is 2.00. The van der Waals surface area contributed by atoms with Crippen molar-refractivity contribution in [2.75, 3.05) is 37.5 Å². The number of hydrogen-bond donors (Lipinski definition) is 0. The van der Waals surface area contributed by atoms with Gasteiger partial charge in [0.25, 0.3) is 5.91 Å². The van der Waals surface area contributed by atoms with Gasteiger partial charge < -0.3 is 14.4 Å². The Morgan fingerprint density at radius 3 is 2.73 bits per heavy atom. The Hall–Kier alpha value is -1.41. The highest BCUT2D eigenvalue weighted by Gasteiger charge is 2.35. The van der Waals surface area contributed by atoms with E-state index < -0.39 is 15.2 Å². The third kappa shape index (κ3) is 3.03. The maximum absolute atomic E-state index is 12.7. The van der Waals surface area contributed by atoms with Crippen molar-refractivity contribution in [1.82, 2.24) is 4.90 Å². The van der Waals surface area contributed by atoms with Gasteiger partial charge in [-0.2, -0.15) is 11.8 Å². The molecule has 3 rings (SSSR count). The van der Waals surface area contributed by atoms with Gasteiger partial charge in [0.15, 0.2) is 21.3 Å². The fraction of sp³-hybridized carbons (Fsp3) is 0.500. The van der Waals surface area contributed by atoms with Crippen molar-refractivity contribution in [1.29, 1.82) is 0 Å². The second-order valence-corrected chi connectivity index (χ2v) is 8.57. The summed E-state index contributed by atoms with van der Waals surface area (Å²) in [7, 11) is -3.32. The van der Waals surface area contributed by atoms with Crippen molar-refractivity contribution >= 4 is 27.5 Å². The molecule has 6 nitrogen and oxygen atoms in total. The highest BCUT2D eigenvalue weighted by Crippen LogP contribution is 2.32. The van der Waals surface area contributed by atoms with Crippen molar-refractivity contribution in [2.45, 2.75) is 5.37 Å². The van der Waals surface area contributed by atoms with Crippen LogP contribution in [0.3, 0.4) is 0 Å². The number of nitrogens with zero attached hydrogens (tertiary/aromatic N) is 1.